The molecule has 3 N–H and O–H groups in total. The van der Waals surface area contributed by atoms with Gasteiger partial charge >= 0.3 is 0 Å². The van der Waals surface area contributed by atoms with Crippen molar-refractivity contribution in [2.24, 2.45) is 0 Å². The molecule has 81 heavy (non-hydrogen) atoms. The Balaban J connectivity index is 0.000000136. The number of ether oxygens (including phenoxy) is 3. The van der Waals surface area contributed by atoms with Gasteiger partial charge in [0.2, 0.25) is 0 Å². The number of aryl methyl sites for hydroxylation is 3. The number of rotatable bonds is 12. The number of aliphatic hydroxyl groups is 3. The lowest BCUT2D eigenvalue weighted by Gasteiger charge is -2.29. The van der Waals surface area contributed by atoms with Gasteiger partial charge in [-0.25, -0.2) is 42.2 Å². The van der Waals surface area contributed by atoms with Gasteiger partial charge in [0.1, 0.15) is 35.8 Å². The summed E-state index contributed by atoms with van der Waals surface area (Å²) in [6.07, 6.45) is 2.66. The van der Waals surface area contributed by atoms with Crippen LogP contribution in [0, 0.1) is 38.2 Å². The van der Waals surface area contributed by atoms with Crippen LogP contribution in [0.4, 0.5) is 30.2 Å². The van der Waals surface area contributed by atoms with Crippen molar-refractivity contribution < 1.29 is 42.7 Å². The molecule has 0 aliphatic carbocycles. The van der Waals surface area contributed by atoms with Crippen molar-refractivity contribution in [2.75, 3.05) is 93.6 Å². The fourth-order valence-electron chi connectivity index (χ4n) is 9.43. The minimum atomic E-state index is -0.956. The van der Waals surface area contributed by atoms with Gasteiger partial charge in [-0.2, -0.15) is 15.3 Å². The second kappa shape index (κ2) is 25.9. The van der Waals surface area contributed by atoms with Crippen molar-refractivity contribution in [3.05, 3.63) is 214 Å². The van der Waals surface area contributed by atoms with Gasteiger partial charge in [0.15, 0.2) is 17.5 Å². The zero-order chi connectivity index (χ0) is 56.4. The van der Waals surface area contributed by atoms with Crippen molar-refractivity contribution in [3.8, 4) is 17.5 Å². The lowest BCUT2D eigenvalue weighted by Crippen LogP contribution is -2.36. The third kappa shape index (κ3) is 14.2. The summed E-state index contributed by atoms with van der Waals surface area (Å²) in [5.74, 6) is 0.866. The maximum atomic E-state index is 13.2. The number of anilines is 3. The summed E-state index contributed by atoms with van der Waals surface area (Å²) < 4.78 is 61.1. The smallest absolute Gasteiger partial charge is 0.155 e. The van der Waals surface area contributed by atoms with E-state index in [1.807, 2.05) is 94.0 Å². The lowest BCUT2D eigenvalue weighted by molar-refractivity contribution is 0.122. The zero-order valence-electron chi connectivity index (χ0n) is 45.1. The minimum Gasteiger partial charge on any atom is -0.382 e. The first-order valence-electron chi connectivity index (χ1n) is 26.7. The standard InChI is InChI=1S/3C20H21FN4O2/c3*1-14-6-7-25(23-14)19-13-17(24-8-10-27-11-9-24)12-18(22-19)20(26)15-2-4-16(21)5-3-15/h3*2-7,12-13,20,26H,8-11H2,1H3/t2*20-;/m10./s1. The van der Waals surface area contributed by atoms with E-state index in [0.29, 0.717) is 90.9 Å². The van der Waals surface area contributed by atoms with Crippen molar-refractivity contribution in [2.45, 2.75) is 39.1 Å². The fraction of sp³-hybridized carbons (Fsp3) is 0.300. The number of pyridine rings is 3. The Labute approximate surface area is 466 Å². The Hall–Kier alpha value is -8.31. The molecule has 0 saturated carbocycles. The number of hydrogen-bond donors (Lipinski definition) is 3. The highest BCUT2D eigenvalue weighted by Gasteiger charge is 2.23. The highest BCUT2D eigenvalue weighted by molar-refractivity contribution is 5.56. The molecule has 18 nitrogen and oxygen atoms in total. The molecule has 3 aromatic carbocycles. The van der Waals surface area contributed by atoms with Crippen LogP contribution >= 0.6 is 0 Å². The molecule has 12 rings (SSSR count). The summed E-state index contributed by atoms with van der Waals surface area (Å²) in [6.45, 7) is 14.3. The zero-order valence-corrected chi connectivity index (χ0v) is 45.1. The molecule has 6 aromatic heterocycles. The van der Waals surface area contributed by atoms with E-state index < -0.39 is 18.3 Å². The van der Waals surface area contributed by atoms with Gasteiger partial charge in [0, 0.05) is 93.1 Å². The van der Waals surface area contributed by atoms with Crippen molar-refractivity contribution >= 4 is 17.1 Å². The molecule has 3 fully saturated rings. The molecule has 3 aliphatic rings. The molecule has 0 amide bonds. The Morgan fingerprint density at radius 2 is 0.617 bits per heavy atom. The van der Waals surface area contributed by atoms with Crippen LogP contribution in [-0.4, -0.2) is 139 Å². The molecule has 9 heterocycles. The van der Waals surface area contributed by atoms with Crippen LogP contribution in [0.3, 0.4) is 0 Å². The van der Waals surface area contributed by atoms with Crippen LogP contribution in [-0.2, 0) is 14.2 Å². The number of benzene rings is 3. The Morgan fingerprint density at radius 1 is 0.370 bits per heavy atom. The van der Waals surface area contributed by atoms with Crippen LogP contribution in [0.25, 0.3) is 17.5 Å². The van der Waals surface area contributed by atoms with Crippen molar-refractivity contribution in [1.29, 1.82) is 0 Å². The Kier molecular flexibility index (Phi) is 17.9. The topological polar surface area (TPSA) is 190 Å². The highest BCUT2D eigenvalue weighted by atomic mass is 19.1. The fourth-order valence-corrected chi connectivity index (χ4v) is 9.43. The van der Waals surface area contributed by atoms with Gasteiger partial charge in [-0.05, 0) is 110 Å². The summed E-state index contributed by atoms with van der Waals surface area (Å²) >= 11 is 0. The van der Waals surface area contributed by atoms with Gasteiger partial charge in [0.25, 0.3) is 0 Å². The van der Waals surface area contributed by atoms with Gasteiger partial charge in [-0.1, -0.05) is 36.4 Å². The van der Waals surface area contributed by atoms with E-state index in [1.54, 1.807) is 50.4 Å². The molecule has 9 aromatic rings. The van der Waals surface area contributed by atoms with Gasteiger partial charge in [-0.15, -0.1) is 0 Å². The van der Waals surface area contributed by atoms with E-state index in [4.69, 9.17) is 14.2 Å². The summed E-state index contributed by atoms with van der Waals surface area (Å²) in [6, 6.07) is 34.6. The SMILES string of the molecule is Cc1ccn(-c2cc(N3CCOCC3)cc(C(O)c3ccc(F)cc3)n2)n1.Cc1ccn(-c2cc(N3CCOCC3)cc([C@@H](O)c3ccc(F)cc3)n2)n1.Cc1ccn(-c2cc(N3CCOCC3)cc([C@H](O)c3ccc(F)cc3)n2)n1. The quantitative estimate of drug-likeness (QED) is 0.107. The van der Waals surface area contributed by atoms with Crippen LogP contribution in [0.2, 0.25) is 0 Å². The van der Waals surface area contributed by atoms with Crippen molar-refractivity contribution in [1.82, 2.24) is 44.3 Å². The Morgan fingerprint density at radius 3 is 0.840 bits per heavy atom. The maximum absolute atomic E-state index is 13.2. The highest BCUT2D eigenvalue weighted by Crippen LogP contribution is 2.31. The molecule has 21 heteroatoms. The van der Waals surface area contributed by atoms with Gasteiger partial charge in [-0.3, -0.25) is 0 Å². The molecular formula is C60H63F3N12O6. The number of halogens is 3. The van der Waals surface area contributed by atoms with E-state index in [9.17, 15) is 28.5 Å². The molecule has 3 atom stereocenters. The second-order valence-corrected chi connectivity index (χ2v) is 19.7. The lowest BCUT2D eigenvalue weighted by atomic mass is 10.1. The first-order valence-corrected chi connectivity index (χ1v) is 26.7. The molecule has 1 unspecified atom stereocenters. The van der Waals surface area contributed by atoms with Gasteiger partial charge in [0.05, 0.1) is 73.8 Å². The summed E-state index contributed by atoms with van der Waals surface area (Å²) in [5, 5.41) is 45.8. The van der Waals surface area contributed by atoms with E-state index >= 15 is 0 Å². The number of aromatic nitrogens is 9. The molecule has 0 bridgehead atoms. The van der Waals surface area contributed by atoms with E-state index in [2.05, 4.69) is 44.9 Å². The Bertz CT molecular complexity index is 3120. The van der Waals surface area contributed by atoms with Crippen LogP contribution in [0.1, 0.15) is 69.2 Å². The molecule has 0 spiro atoms. The van der Waals surface area contributed by atoms with E-state index in [1.165, 1.54) is 36.4 Å². The molecular weight excluding hydrogens is 1040 g/mol. The summed E-state index contributed by atoms with van der Waals surface area (Å²) in [4.78, 5) is 20.4. The van der Waals surface area contributed by atoms with Crippen molar-refractivity contribution in [3.63, 3.8) is 0 Å². The first-order chi connectivity index (χ1) is 39.3. The van der Waals surface area contributed by atoms with Crippen LogP contribution < -0.4 is 14.7 Å². The summed E-state index contributed by atoms with van der Waals surface area (Å²) in [5.41, 5.74) is 8.75. The average molecular weight is 1110 g/mol. The van der Waals surface area contributed by atoms with Gasteiger partial charge < -0.3 is 44.2 Å². The number of morpholine rings is 3. The predicted molar refractivity (Wildman–Crippen MR) is 299 cm³/mol. The number of nitrogens with zero attached hydrogens (tertiary/aromatic N) is 12. The second-order valence-electron chi connectivity index (χ2n) is 19.7. The number of hydrogen-bond acceptors (Lipinski definition) is 15. The normalized spacial score (nSPS) is 15.7. The molecule has 3 saturated heterocycles. The molecule has 3 aliphatic heterocycles. The largest absolute Gasteiger partial charge is 0.382 e. The predicted octanol–water partition coefficient (Wildman–Crippen LogP) is 7.90. The molecule has 0 radical (unpaired) electrons. The van der Waals surface area contributed by atoms with Crippen LogP contribution in [0.5, 0.6) is 0 Å². The number of aliphatic hydroxyl groups excluding tert-OH is 3. The van der Waals surface area contributed by atoms with E-state index in [0.717, 1.165) is 73.4 Å². The van der Waals surface area contributed by atoms with E-state index in [-0.39, 0.29) is 17.5 Å². The maximum Gasteiger partial charge on any atom is 0.155 e. The minimum absolute atomic E-state index is 0.339. The average Bonchev–Trinajstić information content (AvgIpc) is 4.30. The first kappa shape index (κ1) is 56.0. The third-order valence-electron chi connectivity index (χ3n) is 13.8. The third-order valence-corrected chi connectivity index (χ3v) is 13.8. The van der Waals surface area contributed by atoms with Crippen LogP contribution in [0.15, 0.2) is 146 Å². The summed E-state index contributed by atoms with van der Waals surface area (Å²) in [7, 11) is 0. The monoisotopic (exact) mass is 1100 g/mol. The molecule has 420 valence electrons.